The van der Waals surface area contributed by atoms with Crippen LogP contribution in [0.5, 0.6) is 0 Å². The van der Waals surface area contributed by atoms with Gasteiger partial charge in [0.25, 0.3) is 0 Å². The maximum absolute atomic E-state index is 13.4. The number of aryl methyl sites for hydroxylation is 2. The molecule has 2 aromatic heterocycles. The van der Waals surface area contributed by atoms with E-state index in [1.165, 1.54) is 28.4 Å². The first-order valence-electron chi connectivity index (χ1n) is 11.8. The average molecular weight is 467 g/mol. The van der Waals surface area contributed by atoms with Gasteiger partial charge in [-0.05, 0) is 73.9 Å². The quantitative estimate of drug-likeness (QED) is 0.562. The molecule has 0 unspecified atom stereocenters. The molecular weight excluding hydrogens is 436 g/mol. The van der Waals surface area contributed by atoms with Crippen molar-refractivity contribution >= 4 is 26.8 Å². The van der Waals surface area contributed by atoms with Gasteiger partial charge in [-0.25, -0.2) is 8.42 Å². The fraction of sp³-hybridized carbons (Fsp3) is 0.440. The third-order valence-electron chi connectivity index (χ3n) is 6.97. The Morgan fingerprint density at radius 3 is 2.73 bits per heavy atom. The molecule has 7 nitrogen and oxygen atoms in total. The molecule has 0 bridgehead atoms. The lowest BCUT2D eigenvalue weighted by atomic mass is 9.97. The van der Waals surface area contributed by atoms with Crippen LogP contribution in [-0.2, 0) is 34.2 Å². The van der Waals surface area contributed by atoms with Crippen molar-refractivity contribution in [1.29, 1.82) is 0 Å². The molecule has 0 saturated carbocycles. The van der Waals surface area contributed by atoms with Gasteiger partial charge in [-0.15, -0.1) is 0 Å². The first-order chi connectivity index (χ1) is 16.0. The van der Waals surface area contributed by atoms with Gasteiger partial charge in [0.1, 0.15) is 0 Å². The Bertz CT molecular complexity index is 1250. The van der Waals surface area contributed by atoms with E-state index in [9.17, 15) is 13.2 Å². The van der Waals surface area contributed by atoms with Crippen LogP contribution in [0.4, 0.5) is 0 Å². The number of piperidine rings is 1. The van der Waals surface area contributed by atoms with E-state index >= 15 is 0 Å². The number of amides is 1. The smallest absolute Gasteiger partial charge is 0.243 e. The van der Waals surface area contributed by atoms with Crippen molar-refractivity contribution in [2.24, 2.45) is 5.92 Å². The summed E-state index contributed by atoms with van der Waals surface area (Å²) in [6.45, 7) is 1.15. The number of rotatable bonds is 5. The maximum Gasteiger partial charge on any atom is 0.243 e. The molecule has 2 aliphatic rings. The Hall–Kier alpha value is -2.71. The summed E-state index contributed by atoms with van der Waals surface area (Å²) in [7, 11) is -3.59. The van der Waals surface area contributed by atoms with E-state index in [4.69, 9.17) is 0 Å². The predicted octanol–water partition coefficient (Wildman–Crippen LogP) is 3.55. The lowest BCUT2D eigenvalue weighted by Crippen LogP contribution is -2.42. The van der Waals surface area contributed by atoms with Gasteiger partial charge in [-0.1, -0.05) is 12.5 Å². The number of fused-ring (bicyclic) bond motifs is 3. The Morgan fingerprint density at radius 1 is 1.12 bits per heavy atom. The number of H-pyrrole nitrogens is 1. The zero-order chi connectivity index (χ0) is 22.8. The van der Waals surface area contributed by atoms with Crippen LogP contribution in [-0.4, -0.2) is 41.7 Å². The van der Waals surface area contributed by atoms with Crippen LogP contribution in [0, 0.1) is 5.92 Å². The van der Waals surface area contributed by atoms with Crippen molar-refractivity contribution in [2.45, 2.75) is 56.4 Å². The molecule has 33 heavy (non-hydrogen) atoms. The lowest BCUT2D eigenvalue weighted by molar-refractivity contribution is -0.126. The number of hydrogen-bond acceptors (Lipinski definition) is 4. The zero-order valence-corrected chi connectivity index (χ0v) is 19.5. The molecule has 0 spiro atoms. The minimum atomic E-state index is -3.59. The zero-order valence-electron chi connectivity index (χ0n) is 18.7. The van der Waals surface area contributed by atoms with Crippen molar-refractivity contribution in [3.05, 3.63) is 59.5 Å². The molecule has 1 aliphatic carbocycles. The Morgan fingerprint density at radius 2 is 1.94 bits per heavy atom. The number of nitrogens with one attached hydrogen (secondary N) is 2. The van der Waals surface area contributed by atoms with Crippen LogP contribution in [0.1, 0.15) is 48.9 Å². The van der Waals surface area contributed by atoms with Gasteiger partial charge in [-0.3, -0.25) is 9.78 Å². The standard InChI is InChI=1S/C25H30N4O3S/c30-25(27-17-18-5-4-12-26-16-18)19-10-13-29(14-11-19)33(31,32)20-8-9-24-22(15-20)21-6-2-1-3-7-23(21)28-24/h4-5,8-9,12,15-16,19,28H,1-3,6-7,10-11,13-14,17H2,(H,27,30). The average Bonchev–Trinajstić information content (AvgIpc) is 3.02. The fourth-order valence-corrected chi connectivity index (χ4v) is 6.56. The highest BCUT2D eigenvalue weighted by Crippen LogP contribution is 2.32. The molecule has 1 amide bonds. The molecular formula is C25H30N4O3S. The molecule has 1 fully saturated rings. The summed E-state index contributed by atoms with van der Waals surface area (Å²) in [6.07, 6.45) is 10.1. The molecule has 8 heteroatoms. The predicted molar refractivity (Wildman–Crippen MR) is 127 cm³/mol. The summed E-state index contributed by atoms with van der Waals surface area (Å²) in [6, 6.07) is 9.21. The lowest BCUT2D eigenvalue weighted by Gasteiger charge is -2.30. The molecule has 3 aromatic rings. The van der Waals surface area contributed by atoms with Gasteiger partial charge < -0.3 is 10.3 Å². The van der Waals surface area contributed by atoms with E-state index in [0.717, 1.165) is 35.7 Å². The SMILES string of the molecule is O=C(NCc1cccnc1)C1CCN(S(=O)(=O)c2ccc3[nH]c4c(c3c2)CCCCC4)CC1. The molecule has 0 atom stereocenters. The first-order valence-corrected chi connectivity index (χ1v) is 13.3. The second-order valence-corrected chi connectivity index (χ2v) is 11.0. The summed E-state index contributed by atoms with van der Waals surface area (Å²) < 4.78 is 28.3. The molecule has 5 rings (SSSR count). The summed E-state index contributed by atoms with van der Waals surface area (Å²) in [5, 5.41) is 3.99. The highest BCUT2D eigenvalue weighted by molar-refractivity contribution is 7.89. The van der Waals surface area contributed by atoms with E-state index < -0.39 is 10.0 Å². The molecule has 2 N–H and O–H groups in total. The van der Waals surface area contributed by atoms with Crippen molar-refractivity contribution in [3.8, 4) is 0 Å². The maximum atomic E-state index is 13.4. The van der Waals surface area contributed by atoms with E-state index in [1.54, 1.807) is 18.5 Å². The molecule has 174 valence electrons. The van der Waals surface area contributed by atoms with E-state index in [2.05, 4.69) is 15.3 Å². The van der Waals surface area contributed by atoms with Crippen molar-refractivity contribution in [3.63, 3.8) is 0 Å². The monoisotopic (exact) mass is 466 g/mol. The molecule has 1 aromatic carbocycles. The van der Waals surface area contributed by atoms with Crippen molar-refractivity contribution in [1.82, 2.24) is 19.6 Å². The van der Waals surface area contributed by atoms with Crippen molar-refractivity contribution in [2.75, 3.05) is 13.1 Å². The fourth-order valence-electron chi connectivity index (χ4n) is 5.07. The summed E-state index contributed by atoms with van der Waals surface area (Å²) in [5.41, 5.74) is 4.51. The summed E-state index contributed by atoms with van der Waals surface area (Å²) in [5.74, 6) is -0.191. The number of sulfonamides is 1. The molecule has 1 aliphatic heterocycles. The number of nitrogens with zero attached hydrogens (tertiary/aromatic N) is 2. The van der Waals surface area contributed by atoms with E-state index in [0.29, 0.717) is 37.4 Å². The number of carbonyl (C=O) groups is 1. The second kappa shape index (κ2) is 9.27. The largest absolute Gasteiger partial charge is 0.358 e. The third kappa shape index (κ3) is 4.54. The topological polar surface area (TPSA) is 95.2 Å². The molecule has 0 radical (unpaired) electrons. The van der Waals surface area contributed by atoms with Crippen LogP contribution in [0.25, 0.3) is 10.9 Å². The van der Waals surface area contributed by atoms with Gasteiger partial charge in [0.15, 0.2) is 0 Å². The third-order valence-corrected chi connectivity index (χ3v) is 8.87. The summed E-state index contributed by atoms with van der Waals surface area (Å²) in [4.78, 5) is 20.5. The Labute approximate surface area is 194 Å². The normalized spacial score (nSPS) is 18.1. The van der Waals surface area contributed by atoms with Crippen LogP contribution in [0.2, 0.25) is 0 Å². The minimum absolute atomic E-state index is 0.0210. The first kappa shape index (κ1) is 22.1. The molecule has 3 heterocycles. The van der Waals surface area contributed by atoms with Crippen LogP contribution < -0.4 is 5.32 Å². The molecule has 1 saturated heterocycles. The number of hydrogen-bond donors (Lipinski definition) is 2. The van der Waals surface area contributed by atoms with Gasteiger partial charge in [0, 0.05) is 54.5 Å². The van der Waals surface area contributed by atoms with Crippen molar-refractivity contribution < 1.29 is 13.2 Å². The number of aromatic amines is 1. The summed E-state index contributed by atoms with van der Waals surface area (Å²) >= 11 is 0. The Balaban J connectivity index is 1.26. The number of benzene rings is 1. The number of aromatic nitrogens is 2. The van der Waals surface area contributed by atoms with Gasteiger partial charge in [0.05, 0.1) is 4.90 Å². The highest BCUT2D eigenvalue weighted by atomic mass is 32.2. The van der Waals surface area contributed by atoms with Crippen LogP contribution in [0.15, 0.2) is 47.6 Å². The van der Waals surface area contributed by atoms with Crippen LogP contribution >= 0.6 is 0 Å². The highest BCUT2D eigenvalue weighted by Gasteiger charge is 2.32. The minimum Gasteiger partial charge on any atom is -0.358 e. The Kier molecular flexibility index (Phi) is 6.21. The number of carbonyl (C=O) groups excluding carboxylic acids is 1. The van der Waals surface area contributed by atoms with Gasteiger partial charge in [-0.2, -0.15) is 4.31 Å². The van der Waals surface area contributed by atoms with E-state index in [-0.39, 0.29) is 11.8 Å². The number of pyridine rings is 1. The second-order valence-electron chi connectivity index (χ2n) is 9.11. The van der Waals surface area contributed by atoms with Gasteiger partial charge >= 0.3 is 0 Å². The van der Waals surface area contributed by atoms with E-state index in [1.807, 2.05) is 24.3 Å². The van der Waals surface area contributed by atoms with Gasteiger partial charge in [0.2, 0.25) is 15.9 Å². The van der Waals surface area contributed by atoms with Crippen LogP contribution in [0.3, 0.4) is 0 Å².